The molecule has 3 aromatic rings. The summed E-state index contributed by atoms with van der Waals surface area (Å²) in [6.45, 7) is 2.60. The molecule has 9 heteroatoms. The van der Waals surface area contributed by atoms with Gasteiger partial charge >= 0.3 is 0 Å². The second-order valence-corrected chi connectivity index (χ2v) is 7.30. The maximum Gasteiger partial charge on any atom is 0.240 e. The molecule has 1 unspecified atom stereocenters. The number of hydrogen-bond donors (Lipinski definition) is 1. The van der Waals surface area contributed by atoms with Crippen molar-refractivity contribution in [2.75, 3.05) is 5.32 Å². The number of carbonyl (C=O) groups is 1. The number of nitrogens with zero attached hydrogens (tertiary/aromatic N) is 5. The molecule has 124 valence electrons. The van der Waals surface area contributed by atoms with Crippen LogP contribution in [0.2, 0.25) is 0 Å². The van der Waals surface area contributed by atoms with Crippen molar-refractivity contribution in [2.24, 2.45) is 0 Å². The fourth-order valence-corrected chi connectivity index (χ4v) is 3.51. The van der Waals surface area contributed by atoms with Gasteiger partial charge in [-0.2, -0.15) is 0 Å². The summed E-state index contributed by atoms with van der Waals surface area (Å²) < 4.78 is 1.97. The fraction of sp³-hybridized carbons (Fsp3) is 0.267. The number of carbonyl (C=O) groups excluding carboxylic acids is 1. The van der Waals surface area contributed by atoms with E-state index in [-0.39, 0.29) is 11.2 Å². The molecule has 0 aliphatic heterocycles. The number of aromatic nitrogens is 5. The number of amides is 1. The van der Waals surface area contributed by atoms with E-state index in [1.54, 1.807) is 36.1 Å². The highest BCUT2D eigenvalue weighted by molar-refractivity contribution is 8.00. The van der Waals surface area contributed by atoms with Crippen molar-refractivity contribution >= 4 is 35.0 Å². The Morgan fingerprint density at radius 3 is 2.96 bits per heavy atom. The molecule has 1 N–H and O–H groups in total. The van der Waals surface area contributed by atoms with Crippen molar-refractivity contribution in [3.05, 3.63) is 47.2 Å². The van der Waals surface area contributed by atoms with Crippen LogP contribution in [0.4, 0.5) is 5.95 Å². The van der Waals surface area contributed by atoms with Gasteiger partial charge in [-0.25, -0.2) is 9.97 Å². The van der Waals surface area contributed by atoms with Crippen LogP contribution in [-0.2, 0) is 17.8 Å². The van der Waals surface area contributed by atoms with Crippen LogP contribution in [0, 0.1) is 0 Å². The second kappa shape index (κ2) is 8.02. The first-order valence-electron chi connectivity index (χ1n) is 7.37. The molecule has 24 heavy (non-hydrogen) atoms. The van der Waals surface area contributed by atoms with Gasteiger partial charge in [0.25, 0.3) is 0 Å². The van der Waals surface area contributed by atoms with Gasteiger partial charge in [0.15, 0.2) is 5.16 Å². The minimum Gasteiger partial charge on any atom is -0.308 e. The molecular weight excluding hydrogens is 344 g/mol. The Morgan fingerprint density at radius 1 is 1.38 bits per heavy atom. The molecule has 0 aliphatic carbocycles. The van der Waals surface area contributed by atoms with Crippen LogP contribution < -0.4 is 5.32 Å². The number of rotatable bonds is 7. The number of hydrogen-bond acceptors (Lipinski definition) is 7. The van der Waals surface area contributed by atoms with E-state index in [2.05, 4.69) is 36.9 Å². The maximum atomic E-state index is 12.2. The average Bonchev–Trinajstić information content (AvgIpc) is 3.25. The molecule has 0 saturated carbocycles. The van der Waals surface area contributed by atoms with Crippen LogP contribution in [0.25, 0.3) is 0 Å². The molecule has 0 fully saturated rings. The van der Waals surface area contributed by atoms with Gasteiger partial charge in [0.05, 0.1) is 5.25 Å². The van der Waals surface area contributed by atoms with Crippen LogP contribution in [0.1, 0.15) is 11.8 Å². The first kappa shape index (κ1) is 16.6. The summed E-state index contributed by atoms with van der Waals surface area (Å²) in [5, 5.41) is 13.2. The fourth-order valence-electron chi connectivity index (χ4n) is 1.96. The van der Waals surface area contributed by atoms with Crippen molar-refractivity contribution < 1.29 is 4.79 Å². The Balaban J connectivity index is 1.57. The second-order valence-electron chi connectivity index (χ2n) is 4.96. The van der Waals surface area contributed by atoms with Crippen molar-refractivity contribution in [1.82, 2.24) is 24.7 Å². The van der Waals surface area contributed by atoms with Crippen LogP contribution in [0.3, 0.4) is 0 Å². The third-order valence-electron chi connectivity index (χ3n) is 3.21. The van der Waals surface area contributed by atoms with E-state index in [1.165, 1.54) is 16.6 Å². The van der Waals surface area contributed by atoms with Crippen molar-refractivity contribution in [1.29, 1.82) is 0 Å². The van der Waals surface area contributed by atoms with E-state index in [1.807, 2.05) is 17.6 Å². The number of thioether (sulfide) groups is 1. The number of aryl methyl sites for hydroxylation is 2. The van der Waals surface area contributed by atoms with E-state index < -0.39 is 0 Å². The molecule has 0 saturated heterocycles. The predicted octanol–water partition coefficient (Wildman–Crippen LogP) is 2.49. The summed E-state index contributed by atoms with van der Waals surface area (Å²) in [4.78, 5) is 21.5. The summed E-state index contributed by atoms with van der Waals surface area (Å²) in [6, 6.07) is 5.85. The summed E-state index contributed by atoms with van der Waals surface area (Å²) in [7, 11) is 0. The van der Waals surface area contributed by atoms with Crippen molar-refractivity contribution in [3.8, 4) is 0 Å². The maximum absolute atomic E-state index is 12.2. The lowest BCUT2D eigenvalue weighted by Crippen LogP contribution is -2.24. The van der Waals surface area contributed by atoms with Crippen LogP contribution >= 0.6 is 23.1 Å². The number of anilines is 1. The van der Waals surface area contributed by atoms with E-state index >= 15 is 0 Å². The van der Waals surface area contributed by atoms with E-state index in [9.17, 15) is 4.79 Å². The smallest absolute Gasteiger partial charge is 0.240 e. The molecule has 0 aromatic carbocycles. The standard InChI is InChI=1S/C15H16N6OS2/c1-11(13(22)19-14-16-6-3-7-17-14)24-15-20-18-10-21(15)8-5-12-4-2-9-23-12/h2-4,6-7,9-11H,5,8H2,1H3,(H,16,17,19,22). The Bertz CT molecular complexity index is 774. The average molecular weight is 360 g/mol. The Hall–Kier alpha value is -2.26. The normalized spacial score (nSPS) is 12.0. The van der Waals surface area contributed by atoms with E-state index in [0.717, 1.165) is 18.1 Å². The SMILES string of the molecule is CC(Sc1nncn1CCc1cccs1)C(=O)Nc1ncccn1. The lowest BCUT2D eigenvalue weighted by molar-refractivity contribution is -0.115. The topological polar surface area (TPSA) is 85.6 Å². The highest BCUT2D eigenvalue weighted by Crippen LogP contribution is 2.22. The quantitative estimate of drug-likeness (QED) is 0.652. The summed E-state index contributed by atoms with van der Waals surface area (Å²) in [5.41, 5.74) is 0. The molecule has 0 spiro atoms. The van der Waals surface area contributed by atoms with Gasteiger partial charge in [0, 0.05) is 23.8 Å². The molecule has 1 amide bonds. The van der Waals surface area contributed by atoms with Gasteiger partial charge in [0.2, 0.25) is 11.9 Å². The van der Waals surface area contributed by atoms with Gasteiger partial charge in [-0.05, 0) is 30.9 Å². The molecule has 0 bridgehead atoms. The number of nitrogens with one attached hydrogen (secondary N) is 1. The molecule has 7 nitrogen and oxygen atoms in total. The Kier molecular flexibility index (Phi) is 5.55. The largest absolute Gasteiger partial charge is 0.308 e. The van der Waals surface area contributed by atoms with Gasteiger partial charge in [0.1, 0.15) is 6.33 Å². The monoisotopic (exact) mass is 360 g/mol. The highest BCUT2D eigenvalue weighted by Gasteiger charge is 2.18. The Morgan fingerprint density at radius 2 is 2.21 bits per heavy atom. The predicted molar refractivity (Wildman–Crippen MR) is 94.0 cm³/mol. The summed E-state index contributed by atoms with van der Waals surface area (Å²) >= 11 is 3.10. The molecule has 1 atom stereocenters. The van der Waals surface area contributed by atoms with Gasteiger partial charge < -0.3 is 4.57 Å². The van der Waals surface area contributed by atoms with E-state index in [0.29, 0.717) is 5.95 Å². The van der Waals surface area contributed by atoms with Crippen molar-refractivity contribution in [2.45, 2.75) is 30.3 Å². The molecular formula is C15H16N6OS2. The zero-order valence-electron chi connectivity index (χ0n) is 13.0. The first-order valence-corrected chi connectivity index (χ1v) is 9.13. The zero-order chi connectivity index (χ0) is 16.8. The number of thiophene rings is 1. The summed E-state index contributed by atoms with van der Waals surface area (Å²) in [6.07, 6.45) is 5.78. The molecule has 3 aromatic heterocycles. The Labute approximate surface area is 147 Å². The van der Waals surface area contributed by atoms with E-state index in [4.69, 9.17) is 0 Å². The summed E-state index contributed by atoms with van der Waals surface area (Å²) in [5.74, 6) is 0.133. The molecule has 3 rings (SSSR count). The van der Waals surface area contributed by atoms with Gasteiger partial charge in [-0.1, -0.05) is 17.8 Å². The third-order valence-corrected chi connectivity index (χ3v) is 5.24. The molecule has 3 heterocycles. The third kappa shape index (κ3) is 4.39. The highest BCUT2D eigenvalue weighted by atomic mass is 32.2. The van der Waals surface area contributed by atoms with Crippen molar-refractivity contribution in [3.63, 3.8) is 0 Å². The van der Waals surface area contributed by atoms with Gasteiger partial charge in [-0.15, -0.1) is 21.5 Å². The van der Waals surface area contributed by atoms with Crippen LogP contribution in [0.5, 0.6) is 0 Å². The minimum atomic E-state index is -0.335. The first-order chi connectivity index (χ1) is 11.7. The van der Waals surface area contributed by atoms with Crippen LogP contribution in [-0.4, -0.2) is 35.9 Å². The lowest BCUT2D eigenvalue weighted by atomic mass is 10.3. The zero-order valence-corrected chi connectivity index (χ0v) is 14.6. The lowest BCUT2D eigenvalue weighted by Gasteiger charge is -2.11. The molecule has 0 aliphatic rings. The molecule has 0 radical (unpaired) electrons. The minimum absolute atomic E-state index is 0.168. The van der Waals surface area contributed by atoms with Gasteiger partial charge in [-0.3, -0.25) is 10.1 Å². The van der Waals surface area contributed by atoms with Crippen LogP contribution in [0.15, 0.2) is 47.5 Å².